The maximum Gasteiger partial charge on any atom is 0.332 e. The summed E-state index contributed by atoms with van der Waals surface area (Å²) in [5.74, 6) is 0.250. The molecule has 0 aliphatic carbocycles. The van der Waals surface area contributed by atoms with Crippen LogP contribution < -0.4 is 14.8 Å². The van der Waals surface area contributed by atoms with E-state index in [0.717, 1.165) is 28.0 Å². The highest BCUT2D eigenvalue weighted by molar-refractivity contribution is 7.98. The summed E-state index contributed by atoms with van der Waals surface area (Å²) in [6.45, 7) is 2.50. The maximum absolute atomic E-state index is 12.1. The normalized spacial score (nSPS) is 10.4. The Hall–Kier alpha value is -2.93. The summed E-state index contributed by atoms with van der Waals surface area (Å²) in [5, 5.41) is 3.03. The summed E-state index contributed by atoms with van der Waals surface area (Å²) in [5.41, 5.74) is 0.594. The number of hydrogen-bond acceptors (Lipinski definition) is 5. The van der Waals surface area contributed by atoms with Crippen molar-refractivity contribution in [1.29, 1.82) is 0 Å². The van der Waals surface area contributed by atoms with Crippen LogP contribution in [-0.2, 0) is 0 Å². The molecule has 25 heavy (non-hydrogen) atoms. The highest BCUT2D eigenvalue weighted by Gasteiger charge is 2.15. The summed E-state index contributed by atoms with van der Waals surface area (Å²) < 4.78 is 13.3. The summed E-state index contributed by atoms with van der Waals surface area (Å²) >= 11 is 1.10. The van der Waals surface area contributed by atoms with Gasteiger partial charge in [0.1, 0.15) is 11.3 Å². The van der Waals surface area contributed by atoms with Crippen LogP contribution in [0.1, 0.15) is 17.5 Å². The van der Waals surface area contributed by atoms with E-state index < -0.39 is 11.9 Å². The Balaban J connectivity index is 1.54. The number of rotatable bonds is 5. The van der Waals surface area contributed by atoms with Crippen molar-refractivity contribution in [3.05, 3.63) is 60.4 Å². The highest BCUT2D eigenvalue weighted by atomic mass is 32.2. The number of carbonyl (C=O) groups excluding carboxylic acids is 2. The lowest BCUT2D eigenvalue weighted by atomic mass is 10.2. The minimum absolute atomic E-state index is 0.0856. The van der Waals surface area contributed by atoms with Crippen LogP contribution in [-0.4, -0.2) is 18.5 Å². The Morgan fingerprint density at radius 2 is 1.88 bits per heavy atom. The molecule has 1 heterocycles. The van der Waals surface area contributed by atoms with Crippen molar-refractivity contribution in [2.75, 3.05) is 6.61 Å². The SMILES string of the molecule is CCOc1ccc(SNC(=O)NC(=O)c2cc3ccccc3o2)cc1. The van der Waals surface area contributed by atoms with Crippen LogP contribution in [0, 0.1) is 0 Å². The average molecular weight is 356 g/mol. The molecule has 0 atom stereocenters. The maximum atomic E-state index is 12.1. The van der Waals surface area contributed by atoms with Gasteiger partial charge < -0.3 is 9.15 Å². The lowest BCUT2D eigenvalue weighted by Gasteiger charge is -2.06. The van der Waals surface area contributed by atoms with Gasteiger partial charge in [-0.05, 0) is 55.3 Å². The van der Waals surface area contributed by atoms with E-state index in [1.807, 2.05) is 49.4 Å². The summed E-state index contributed by atoms with van der Waals surface area (Å²) in [6, 6.07) is 15.5. The molecule has 3 aromatic rings. The number of furan rings is 1. The Morgan fingerprint density at radius 1 is 1.12 bits per heavy atom. The number of fused-ring (bicyclic) bond motifs is 1. The number of nitrogens with one attached hydrogen (secondary N) is 2. The lowest BCUT2D eigenvalue weighted by molar-refractivity contribution is 0.0940. The largest absolute Gasteiger partial charge is 0.494 e. The molecule has 0 aliphatic heterocycles. The van der Waals surface area contributed by atoms with Gasteiger partial charge in [-0.25, -0.2) is 4.79 Å². The fourth-order valence-electron chi connectivity index (χ4n) is 2.16. The van der Waals surface area contributed by atoms with Gasteiger partial charge in [0.05, 0.1) is 6.61 Å². The molecular weight excluding hydrogens is 340 g/mol. The van der Waals surface area contributed by atoms with E-state index in [1.165, 1.54) is 0 Å². The third-order valence-corrected chi connectivity index (χ3v) is 4.07. The molecular formula is C18H16N2O4S. The van der Waals surface area contributed by atoms with Gasteiger partial charge >= 0.3 is 6.03 Å². The lowest BCUT2D eigenvalue weighted by Crippen LogP contribution is -2.36. The molecule has 128 valence electrons. The van der Waals surface area contributed by atoms with Crippen LogP contribution in [0.25, 0.3) is 11.0 Å². The summed E-state index contributed by atoms with van der Waals surface area (Å²) in [6.07, 6.45) is 0. The molecule has 0 saturated heterocycles. The standard InChI is InChI=1S/C18H16N2O4S/c1-2-23-13-7-9-14(10-8-13)25-20-18(22)19-17(21)16-11-12-5-3-4-6-15(12)24-16/h3-11H,2H2,1H3,(H2,19,20,21,22). The van der Waals surface area contributed by atoms with Crippen molar-refractivity contribution in [3.8, 4) is 5.75 Å². The first-order valence-electron chi connectivity index (χ1n) is 7.65. The Labute approximate surface area is 148 Å². The van der Waals surface area contributed by atoms with Gasteiger partial charge in [0.25, 0.3) is 5.91 Å². The van der Waals surface area contributed by atoms with Crippen LogP contribution in [0.4, 0.5) is 4.79 Å². The summed E-state index contributed by atoms with van der Waals surface area (Å²) in [7, 11) is 0. The smallest absolute Gasteiger partial charge is 0.332 e. The second-order valence-electron chi connectivity index (χ2n) is 5.04. The van der Waals surface area contributed by atoms with E-state index in [0.29, 0.717) is 12.2 Å². The molecule has 0 aliphatic rings. The van der Waals surface area contributed by atoms with Crippen molar-refractivity contribution in [3.63, 3.8) is 0 Å². The number of imide groups is 1. The first kappa shape index (κ1) is 16.9. The molecule has 3 rings (SSSR count). The zero-order valence-corrected chi connectivity index (χ0v) is 14.3. The van der Waals surface area contributed by atoms with E-state index in [1.54, 1.807) is 12.1 Å². The Morgan fingerprint density at radius 3 is 2.60 bits per heavy atom. The van der Waals surface area contributed by atoms with E-state index >= 15 is 0 Å². The third-order valence-electron chi connectivity index (χ3n) is 3.27. The van der Waals surface area contributed by atoms with Crippen molar-refractivity contribution in [1.82, 2.24) is 10.0 Å². The predicted molar refractivity (Wildman–Crippen MR) is 95.7 cm³/mol. The number of amides is 3. The fourth-order valence-corrected chi connectivity index (χ4v) is 2.69. The van der Waals surface area contributed by atoms with E-state index in [9.17, 15) is 9.59 Å². The monoisotopic (exact) mass is 356 g/mol. The zero-order valence-electron chi connectivity index (χ0n) is 13.4. The fraction of sp³-hybridized carbons (Fsp3) is 0.111. The molecule has 7 heteroatoms. The molecule has 0 radical (unpaired) electrons. The Kier molecular flexibility index (Phi) is 5.25. The topological polar surface area (TPSA) is 80.6 Å². The number of benzene rings is 2. The van der Waals surface area contributed by atoms with Gasteiger partial charge in [-0.2, -0.15) is 0 Å². The van der Waals surface area contributed by atoms with E-state index in [2.05, 4.69) is 10.0 Å². The molecule has 3 amide bonds. The van der Waals surface area contributed by atoms with Gasteiger partial charge in [-0.1, -0.05) is 18.2 Å². The minimum atomic E-state index is -0.621. The van der Waals surface area contributed by atoms with Crippen molar-refractivity contribution >= 4 is 34.9 Å². The molecule has 2 N–H and O–H groups in total. The van der Waals surface area contributed by atoms with Crippen LogP contribution in [0.3, 0.4) is 0 Å². The van der Waals surface area contributed by atoms with Crippen LogP contribution in [0.2, 0.25) is 0 Å². The highest BCUT2D eigenvalue weighted by Crippen LogP contribution is 2.20. The molecule has 0 saturated carbocycles. The van der Waals surface area contributed by atoms with Gasteiger partial charge in [0, 0.05) is 10.3 Å². The van der Waals surface area contributed by atoms with Gasteiger partial charge in [0.15, 0.2) is 5.76 Å². The minimum Gasteiger partial charge on any atom is -0.494 e. The van der Waals surface area contributed by atoms with Crippen molar-refractivity contribution in [2.24, 2.45) is 0 Å². The summed E-state index contributed by atoms with van der Waals surface area (Å²) in [4.78, 5) is 24.7. The van der Waals surface area contributed by atoms with Crippen molar-refractivity contribution < 1.29 is 18.7 Å². The zero-order chi connectivity index (χ0) is 17.6. The second-order valence-corrected chi connectivity index (χ2v) is 5.92. The molecule has 2 aromatic carbocycles. The molecule has 0 fully saturated rings. The van der Waals surface area contributed by atoms with Crippen molar-refractivity contribution in [2.45, 2.75) is 11.8 Å². The van der Waals surface area contributed by atoms with Gasteiger partial charge in [-0.3, -0.25) is 14.8 Å². The quantitative estimate of drug-likeness (QED) is 0.676. The second kappa shape index (κ2) is 7.76. The van der Waals surface area contributed by atoms with Crippen LogP contribution in [0.5, 0.6) is 5.75 Å². The van der Waals surface area contributed by atoms with E-state index in [-0.39, 0.29) is 5.76 Å². The molecule has 0 unspecified atom stereocenters. The Bertz CT molecular complexity index is 856. The number of urea groups is 1. The van der Waals surface area contributed by atoms with Crippen LogP contribution in [0.15, 0.2) is 63.9 Å². The molecule has 1 aromatic heterocycles. The molecule has 0 bridgehead atoms. The van der Waals surface area contributed by atoms with E-state index in [4.69, 9.17) is 9.15 Å². The molecule has 0 spiro atoms. The predicted octanol–water partition coefficient (Wildman–Crippen LogP) is 3.98. The number of carbonyl (C=O) groups is 2. The number of ether oxygens (including phenoxy) is 1. The molecule has 6 nitrogen and oxygen atoms in total. The third kappa shape index (κ3) is 4.33. The van der Waals surface area contributed by atoms with Gasteiger partial charge in [-0.15, -0.1) is 0 Å². The first-order valence-corrected chi connectivity index (χ1v) is 8.47. The van der Waals surface area contributed by atoms with Crippen LogP contribution >= 0.6 is 11.9 Å². The van der Waals surface area contributed by atoms with Gasteiger partial charge in [0.2, 0.25) is 0 Å². The number of para-hydroxylation sites is 1. The number of hydrogen-bond donors (Lipinski definition) is 2. The first-order chi connectivity index (χ1) is 12.2. The average Bonchev–Trinajstić information content (AvgIpc) is 3.06.